The van der Waals surface area contributed by atoms with Crippen LogP contribution in [-0.4, -0.2) is 37.0 Å². The molecule has 0 aliphatic carbocycles. The molecule has 0 aromatic heterocycles. The molecule has 1 heterocycles. The molecule has 0 spiro atoms. The zero-order valence-electron chi connectivity index (χ0n) is 12.6. The van der Waals surface area contributed by atoms with Gasteiger partial charge in [0.05, 0.1) is 13.5 Å². The number of nitrogens with zero attached hydrogens (tertiary/aromatic N) is 1. The second-order valence-electron chi connectivity index (χ2n) is 5.34. The Morgan fingerprint density at radius 2 is 2.05 bits per heavy atom. The summed E-state index contributed by atoms with van der Waals surface area (Å²) in [7, 11) is 1.64. The molecule has 1 aliphatic heterocycles. The van der Waals surface area contributed by atoms with Gasteiger partial charge in [-0.3, -0.25) is 4.79 Å². The van der Waals surface area contributed by atoms with Gasteiger partial charge >= 0.3 is 0 Å². The Hall–Kier alpha value is -1.26. The molecule has 21 heavy (non-hydrogen) atoms. The lowest BCUT2D eigenvalue weighted by molar-refractivity contribution is -0.134. The molecule has 0 radical (unpaired) electrons. The Balaban J connectivity index is 0.00000220. The number of likely N-dealkylation sites (tertiary alicyclic amines) is 1. The van der Waals surface area contributed by atoms with Crippen LogP contribution in [0, 0.1) is 0 Å². The van der Waals surface area contributed by atoms with Crippen LogP contribution in [-0.2, 0) is 11.2 Å². The molecule has 1 saturated heterocycles. The van der Waals surface area contributed by atoms with E-state index in [1.54, 1.807) is 7.11 Å². The van der Waals surface area contributed by atoms with Crippen molar-refractivity contribution in [2.75, 3.05) is 20.2 Å². The number of ether oxygens (including phenoxy) is 1. The molecule has 1 atom stereocenters. The third-order valence-corrected chi connectivity index (χ3v) is 3.96. The van der Waals surface area contributed by atoms with E-state index in [4.69, 9.17) is 10.5 Å². The summed E-state index contributed by atoms with van der Waals surface area (Å²) in [6.07, 6.45) is 4.78. The van der Waals surface area contributed by atoms with Crippen molar-refractivity contribution >= 4 is 18.3 Å². The van der Waals surface area contributed by atoms with Gasteiger partial charge in [0.25, 0.3) is 0 Å². The molecule has 4 nitrogen and oxygen atoms in total. The zero-order valence-corrected chi connectivity index (χ0v) is 13.4. The largest absolute Gasteiger partial charge is 0.497 e. The summed E-state index contributed by atoms with van der Waals surface area (Å²) in [4.78, 5) is 14.5. The van der Waals surface area contributed by atoms with Crippen LogP contribution in [0.1, 0.15) is 31.2 Å². The van der Waals surface area contributed by atoms with E-state index in [1.807, 2.05) is 29.2 Å². The normalized spacial score (nSPS) is 18.0. The lowest BCUT2D eigenvalue weighted by Gasteiger charge is -2.35. The molecule has 1 aromatic carbocycles. The molecule has 5 heteroatoms. The van der Waals surface area contributed by atoms with Crippen LogP contribution in [0.4, 0.5) is 0 Å². The fourth-order valence-electron chi connectivity index (χ4n) is 2.84. The molecule has 1 fully saturated rings. The van der Waals surface area contributed by atoms with E-state index >= 15 is 0 Å². The number of carbonyl (C=O) groups is 1. The van der Waals surface area contributed by atoms with Crippen LogP contribution in [0.15, 0.2) is 24.3 Å². The third kappa shape index (κ3) is 4.90. The van der Waals surface area contributed by atoms with Gasteiger partial charge in [-0.1, -0.05) is 12.1 Å². The van der Waals surface area contributed by atoms with Crippen molar-refractivity contribution in [3.05, 3.63) is 29.8 Å². The summed E-state index contributed by atoms with van der Waals surface area (Å²) >= 11 is 0. The number of nitrogens with two attached hydrogens (primary N) is 1. The smallest absolute Gasteiger partial charge is 0.227 e. The van der Waals surface area contributed by atoms with E-state index in [9.17, 15) is 4.79 Å². The molecule has 1 aliphatic rings. The van der Waals surface area contributed by atoms with E-state index in [0.29, 0.717) is 19.0 Å². The highest BCUT2D eigenvalue weighted by molar-refractivity contribution is 5.85. The number of methoxy groups -OCH3 is 1. The molecule has 1 aromatic rings. The van der Waals surface area contributed by atoms with E-state index in [2.05, 4.69) is 0 Å². The summed E-state index contributed by atoms with van der Waals surface area (Å²) in [6, 6.07) is 8.04. The minimum absolute atomic E-state index is 0. The number of piperidine rings is 1. The molecule has 0 saturated carbocycles. The lowest BCUT2D eigenvalue weighted by Crippen LogP contribution is -2.45. The van der Waals surface area contributed by atoms with E-state index in [1.165, 1.54) is 6.42 Å². The average Bonchev–Trinajstić information content (AvgIpc) is 2.49. The van der Waals surface area contributed by atoms with Crippen LogP contribution in [0.2, 0.25) is 0 Å². The van der Waals surface area contributed by atoms with Crippen molar-refractivity contribution in [3.8, 4) is 5.75 Å². The van der Waals surface area contributed by atoms with Gasteiger partial charge in [0, 0.05) is 12.6 Å². The van der Waals surface area contributed by atoms with Crippen LogP contribution in [0.5, 0.6) is 5.75 Å². The van der Waals surface area contributed by atoms with E-state index in [-0.39, 0.29) is 18.3 Å². The van der Waals surface area contributed by atoms with Crippen molar-refractivity contribution in [1.82, 2.24) is 4.90 Å². The Morgan fingerprint density at radius 1 is 1.33 bits per heavy atom. The number of carbonyl (C=O) groups excluding carboxylic acids is 1. The highest BCUT2D eigenvalue weighted by Crippen LogP contribution is 2.21. The summed E-state index contributed by atoms with van der Waals surface area (Å²) in [6.45, 7) is 1.52. The lowest BCUT2D eigenvalue weighted by atomic mass is 9.98. The first kappa shape index (κ1) is 17.8. The van der Waals surface area contributed by atoms with Crippen LogP contribution in [0.3, 0.4) is 0 Å². The maximum Gasteiger partial charge on any atom is 0.227 e. The Morgan fingerprint density at radius 3 is 2.67 bits per heavy atom. The first-order chi connectivity index (χ1) is 9.74. The maximum absolute atomic E-state index is 12.5. The quantitative estimate of drug-likeness (QED) is 0.908. The van der Waals surface area contributed by atoms with Gasteiger partial charge in [-0.2, -0.15) is 0 Å². The van der Waals surface area contributed by atoms with Gasteiger partial charge in [0.1, 0.15) is 5.75 Å². The minimum atomic E-state index is 0. The third-order valence-electron chi connectivity index (χ3n) is 3.96. The minimum Gasteiger partial charge on any atom is -0.497 e. The van der Waals surface area contributed by atoms with Gasteiger partial charge in [-0.15, -0.1) is 12.4 Å². The van der Waals surface area contributed by atoms with Crippen LogP contribution in [0.25, 0.3) is 0 Å². The van der Waals surface area contributed by atoms with Crippen molar-refractivity contribution in [2.45, 2.75) is 38.1 Å². The Labute approximate surface area is 133 Å². The first-order valence-corrected chi connectivity index (χ1v) is 7.37. The molecule has 0 bridgehead atoms. The second-order valence-corrected chi connectivity index (χ2v) is 5.34. The number of rotatable bonds is 5. The molecule has 1 amide bonds. The first-order valence-electron chi connectivity index (χ1n) is 7.37. The molecule has 118 valence electrons. The molecule has 2 rings (SSSR count). The topological polar surface area (TPSA) is 55.6 Å². The standard InChI is InChI=1S/C16H24N2O2.ClH/c1-20-15-7-5-13(6-8-15)12-16(19)18-11-3-2-4-14(18)9-10-17;/h5-8,14H,2-4,9-12,17H2,1H3;1H. The predicted octanol–water partition coefficient (Wildman–Crippen LogP) is 2.39. The summed E-state index contributed by atoms with van der Waals surface area (Å²) in [5.41, 5.74) is 6.69. The van der Waals surface area contributed by atoms with Crippen molar-refractivity contribution in [2.24, 2.45) is 5.73 Å². The molecule has 1 unspecified atom stereocenters. The zero-order chi connectivity index (χ0) is 14.4. The number of halogens is 1. The number of hydrogen-bond donors (Lipinski definition) is 1. The monoisotopic (exact) mass is 312 g/mol. The Bertz CT molecular complexity index is 434. The number of hydrogen-bond acceptors (Lipinski definition) is 3. The predicted molar refractivity (Wildman–Crippen MR) is 87.0 cm³/mol. The van der Waals surface area contributed by atoms with Crippen LogP contribution < -0.4 is 10.5 Å². The molecular formula is C16H25ClN2O2. The fourth-order valence-corrected chi connectivity index (χ4v) is 2.84. The average molecular weight is 313 g/mol. The van der Waals surface area contributed by atoms with Crippen molar-refractivity contribution in [3.63, 3.8) is 0 Å². The van der Waals surface area contributed by atoms with E-state index < -0.39 is 0 Å². The highest BCUT2D eigenvalue weighted by Gasteiger charge is 2.25. The molecule has 2 N–H and O–H groups in total. The van der Waals surface area contributed by atoms with Crippen molar-refractivity contribution in [1.29, 1.82) is 0 Å². The van der Waals surface area contributed by atoms with Gasteiger partial charge in [-0.25, -0.2) is 0 Å². The highest BCUT2D eigenvalue weighted by atomic mass is 35.5. The number of benzene rings is 1. The van der Waals surface area contributed by atoms with Gasteiger partial charge in [0.15, 0.2) is 0 Å². The fraction of sp³-hybridized carbons (Fsp3) is 0.562. The number of amides is 1. The summed E-state index contributed by atoms with van der Waals surface area (Å²) in [5.74, 6) is 1.04. The van der Waals surface area contributed by atoms with Gasteiger partial charge in [0.2, 0.25) is 5.91 Å². The van der Waals surface area contributed by atoms with Crippen LogP contribution >= 0.6 is 12.4 Å². The van der Waals surface area contributed by atoms with E-state index in [0.717, 1.165) is 37.1 Å². The molecular weight excluding hydrogens is 288 g/mol. The second kappa shape index (κ2) is 8.90. The summed E-state index contributed by atoms with van der Waals surface area (Å²) < 4.78 is 5.13. The Kier molecular flexibility index (Phi) is 7.54. The summed E-state index contributed by atoms with van der Waals surface area (Å²) in [5, 5.41) is 0. The maximum atomic E-state index is 12.5. The SMILES string of the molecule is COc1ccc(CC(=O)N2CCCCC2CCN)cc1.Cl. The van der Waals surface area contributed by atoms with Gasteiger partial charge < -0.3 is 15.4 Å². The van der Waals surface area contributed by atoms with Gasteiger partial charge in [-0.05, 0) is 49.9 Å². The van der Waals surface area contributed by atoms with Crippen molar-refractivity contribution < 1.29 is 9.53 Å².